The number of hydrogen-bond donors (Lipinski definition) is 1. The molecule has 1 aliphatic heterocycles. The zero-order valence-electron chi connectivity index (χ0n) is 13.7. The Hall–Kier alpha value is -1.13. The average Bonchev–Trinajstić information content (AvgIpc) is 2.48. The van der Waals surface area contributed by atoms with Crippen LogP contribution in [0.25, 0.3) is 0 Å². The van der Waals surface area contributed by atoms with Crippen LogP contribution >= 0.6 is 0 Å². The van der Waals surface area contributed by atoms with Gasteiger partial charge in [-0.1, -0.05) is 13.8 Å². The van der Waals surface area contributed by atoms with Crippen LogP contribution in [0.3, 0.4) is 0 Å². The van der Waals surface area contributed by atoms with Crippen molar-refractivity contribution in [1.82, 2.24) is 10.2 Å². The van der Waals surface area contributed by atoms with Gasteiger partial charge in [-0.2, -0.15) is 0 Å². The van der Waals surface area contributed by atoms with E-state index in [0.29, 0.717) is 6.04 Å². The van der Waals surface area contributed by atoms with Gasteiger partial charge in [0.15, 0.2) is 0 Å². The third-order valence-corrected chi connectivity index (χ3v) is 4.56. The number of benzene rings is 1. The van der Waals surface area contributed by atoms with E-state index in [1.807, 2.05) is 6.07 Å². The Morgan fingerprint density at radius 3 is 2.76 bits per heavy atom. The maximum Gasteiger partial charge on any atom is 0.123 e. The highest BCUT2D eigenvalue weighted by Gasteiger charge is 2.25. The van der Waals surface area contributed by atoms with E-state index in [1.54, 1.807) is 12.1 Å². The number of nitrogens with zero attached hydrogens (tertiary/aromatic N) is 2. The molecule has 1 aromatic carbocycles. The van der Waals surface area contributed by atoms with E-state index in [4.69, 9.17) is 0 Å². The summed E-state index contributed by atoms with van der Waals surface area (Å²) in [4.78, 5) is 4.84. The molecular weight excluding hydrogens is 265 g/mol. The van der Waals surface area contributed by atoms with Gasteiger partial charge in [-0.25, -0.2) is 4.39 Å². The second-order valence-electron chi connectivity index (χ2n) is 5.97. The summed E-state index contributed by atoms with van der Waals surface area (Å²) >= 11 is 0. The van der Waals surface area contributed by atoms with Gasteiger partial charge in [0, 0.05) is 37.4 Å². The van der Waals surface area contributed by atoms with Gasteiger partial charge in [-0.05, 0) is 50.7 Å². The number of likely N-dealkylation sites (N-methyl/N-ethyl adjacent to an activating group) is 1. The lowest BCUT2D eigenvalue weighted by Gasteiger charge is -2.41. The molecule has 1 aromatic rings. The van der Waals surface area contributed by atoms with Gasteiger partial charge in [0.2, 0.25) is 0 Å². The van der Waals surface area contributed by atoms with Crippen molar-refractivity contribution in [3.05, 3.63) is 29.6 Å². The third kappa shape index (κ3) is 3.74. The van der Waals surface area contributed by atoms with E-state index in [1.165, 1.54) is 5.69 Å². The lowest BCUT2D eigenvalue weighted by Crippen LogP contribution is -2.51. The molecule has 4 heteroatoms. The monoisotopic (exact) mass is 293 g/mol. The van der Waals surface area contributed by atoms with Crippen LogP contribution in [0.1, 0.15) is 38.8 Å². The molecule has 0 spiro atoms. The minimum absolute atomic E-state index is 0.153. The van der Waals surface area contributed by atoms with Crippen molar-refractivity contribution < 1.29 is 4.39 Å². The standard InChI is InChI=1S/C17H28FN3/c1-5-15-12-21(10-9-20(15)4)17-8-7-14(18)11-16(17)13(3)19-6-2/h7-8,11,13,15,19H,5-6,9-10,12H2,1-4H3. The molecule has 0 radical (unpaired) electrons. The van der Waals surface area contributed by atoms with Crippen LogP contribution in [0.5, 0.6) is 0 Å². The summed E-state index contributed by atoms with van der Waals surface area (Å²) in [6.07, 6.45) is 1.15. The smallest absolute Gasteiger partial charge is 0.123 e. The zero-order chi connectivity index (χ0) is 15.4. The van der Waals surface area contributed by atoms with Crippen molar-refractivity contribution in [3.8, 4) is 0 Å². The summed E-state index contributed by atoms with van der Waals surface area (Å²) < 4.78 is 13.7. The molecular formula is C17H28FN3. The fourth-order valence-electron chi connectivity index (χ4n) is 3.18. The van der Waals surface area contributed by atoms with Crippen molar-refractivity contribution in [3.63, 3.8) is 0 Å². The van der Waals surface area contributed by atoms with Crippen molar-refractivity contribution in [2.24, 2.45) is 0 Å². The molecule has 0 bridgehead atoms. The molecule has 118 valence electrons. The lowest BCUT2D eigenvalue weighted by atomic mass is 10.0. The summed E-state index contributed by atoms with van der Waals surface area (Å²) in [5.74, 6) is -0.153. The first-order valence-corrected chi connectivity index (χ1v) is 8.04. The molecule has 2 rings (SSSR count). The van der Waals surface area contributed by atoms with Crippen molar-refractivity contribution >= 4 is 5.69 Å². The van der Waals surface area contributed by atoms with Gasteiger partial charge in [-0.15, -0.1) is 0 Å². The first kappa shape index (κ1) is 16.2. The summed E-state index contributed by atoms with van der Waals surface area (Å²) in [6.45, 7) is 10.4. The van der Waals surface area contributed by atoms with Crippen LogP contribution in [0.15, 0.2) is 18.2 Å². The van der Waals surface area contributed by atoms with E-state index in [9.17, 15) is 4.39 Å². The normalized spacial score (nSPS) is 21.6. The highest BCUT2D eigenvalue weighted by atomic mass is 19.1. The molecule has 0 aliphatic carbocycles. The molecule has 0 saturated carbocycles. The molecule has 3 nitrogen and oxygen atoms in total. The molecule has 1 heterocycles. The summed E-state index contributed by atoms with van der Waals surface area (Å²) in [6, 6.07) is 5.95. The number of halogens is 1. The minimum Gasteiger partial charge on any atom is -0.368 e. The fourth-order valence-corrected chi connectivity index (χ4v) is 3.18. The van der Waals surface area contributed by atoms with E-state index < -0.39 is 0 Å². The maximum atomic E-state index is 13.7. The van der Waals surface area contributed by atoms with Crippen molar-refractivity contribution in [2.75, 3.05) is 38.1 Å². The minimum atomic E-state index is -0.153. The van der Waals surface area contributed by atoms with Crippen molar-refractivity contribution in [1.29, 1.82) is 0 Å². The molecule has 1 fully saturated rings. The molecule has 1 N–H and O–H groups in total. The summed E-state index contributed by atoms with van der Waals surface area (Å²) in [5, 5.41) is 3.40. The second kappa shape index (κ2) is 7.23. The summed E-state index contributed by atoms with van der Waals surface area (Å²) in [7, 11) is 2.19. The van der Waals surface area contributed by atoms with Gasteiger partial charge < -0.3 is 10.2 Å². The molecule has 0 aromatic heterocycles. The predicted molar refractivity (Wildman–Crippen MR) is 87.4 cm³/mol. The number of piperazine rings is 1. The highest BCUT2D eigenvalue weighted by molar-refractivity contribution is 5.55. The third-order valence-electron chi connectivity index (χ3n) is 4.56. The van der Waals surface area contributed by atoms with Gasteiger partial charge in [-0.3, -0.25) is 4.90 Å². The lowest BCUT2D eigenvalue weighted by molar-refractivity contribution is 0.213. The van der Waals surface area contributed by atoms with E-state index >= 15 is 0 Å². The number of rotatable bonds is 5. The molecule has 2 unspecified atom stereocenters. The maximum absolute atomic E-state index is 13.7. The second-order valence-corrected chi connectivity index (χ2v) is 5.97. The fraction of sp³-hybridized carbons (Fsp3) is 0.647. The number of hydrogen-bond acceptors (Lipinski definition) is 3. The van der Waals surface area contributed by atoms with Crippen LogP contribution in [0.4, 0.5) is 10.1 Å². The Labute approximate surface area is 128 Å². The first-order chi connectivity index (χ1) is 10.1. The van der Waals surface area contributed by atoms with Crippen LogP contribution in [-0.2, 0) is 0 Å². The van der Waals surface area contributed by atoms with Crippen LogP contribution in [-0.4, -0.2) is 44.2 Å². The number of anilines is 1. The van der Waals surface area contributed by atoms with E-state index in [2.05, 4.69) is 42.9 Å². The summed E-state index contributed by atoms with van der Waals surface area (Å²) in [5.41, 5.74) is 2.24. The van der Waals surface area contributed by atoms with Crippen LogP contribution < -0.4 is 10.2 Å². The van der Waals surface area contributed by atoms with Gasteiger partial charge in [0.25, 0.3) is 0 Å². The van der Waals surface area contributed by atoms with Crippen LogP contribution in [0, 0.1) is 5.82 Å². The number of nitrogens with one attached hydrogen (secondary N) is 1. The average molecular weight is 293 g/mol. The molecule has 21 heavy (non-hydrogen) atoms. The van der Waals surface area contributed by atoms with Gasteiger partial charge in [0.1, 0.15) is 5.82 Å². The molecule has 1 aliphatic rings. The first-order valence-electron chi connectivity index (χ1n) is 8.04. The van der Waals surface area contributed by atoms with Crippen molar-refractivity contribution in [2.45, 2.75) is 39.3 Å². The largest absolute Gasteiger partial charge is 0.368 e. The zero-order valence-corrected chi connectivity index (χ0v) is 13.7. The van der Waals surface area contributed by atoms with Gasteiger partial charge >= 0.3 is 0 Å². The molecule has 2 atom stereocenters. The Morgan fingerprint density at radius 1 is 1.33 bits per heavy atom. The Bertz CT molecular complexity index is 463. The molecule has 0 amide bonds. The van der Waals surface area contributed by atoms with E-state index in [-0.39, 0.29) is 11.9 Å². The van der Waals surface area contributed by atoms with Crippen LogP contribution in [0.2, 0.25) is 0 Å². The quantitative estimate of drug-likeness (QED) is 0.900. The predicted octanol–water partition coefficient (Wildman–Crippen LogP) is 3.03. The van der Waals surface area contributed by atoms with Gasteiger partial charge in [0.05, 0.1) is 0 Å². The molecule has 1 saturated heterocycles. The SMILES string of the molecule is CCNC(C)c1cc(F)ccc1N1CCN(C)C(CC)C1. The Balaban J connectivity index is 2.26. The highest BCUT2D eigenvalue weighted by Crippen LogP contribution is 2.29. The Morgan fingerprint density at radius 2 is 2.10 bits per heavy atom. The van der Waals surface area contributed by atoms with E-state index in [0.717, 1.165) is 38.2 Å². The Kier molecular flexibility index (Phi) is 5.59. The topological polar surface area (TPSA) is 18.5 Å².